The smallest absolute Gasteiger partial charge is 0.282 e. The van der Waals surface area contributed by atoms with Gasteiger partial charge < -0.3 is 21.3 Å². The van der Waals surface area contributed by atoms with E-state index in [2.05, 4.69) is 10.6 Å². The van der Waals surface area contributed by atoms with E-state index in [0.717, 1.165) is 0 Å². The molecule has 0 aliphatic heterocycles. The Hall–Kier alpha value is -2.90. The van der Waals surface area contributed by atoms with Crippen LogP contribution < -0.4 is 21.3 Å². The van der Waals surface area contributed by atoms with Gasteiger partial charge in [0.15, 0.2) is 12.6 Å². The summed E-state index contributed by atoms with van der Waals surface area (Å²) in [4.78, 5) is 36.4. The molecular weight excluding hydrogens is 368 g/mol. The lowest BCUT2D eigenvalue weighted by molar-refractivity contribution is -0.885. The molecular formula is C19H22ClN4O3+. The van der Waals surface area contributed by atoms with Crippen LogP contribution in [0.5, 0.6) is 0 Å². The molecule has 1 unspecified atom stereocenters. The minimum atomic E-state index is -0.532. The van der Waals surface area contributed by atoms with Crippen molar-refractivity contribution in [3.05, 3.63) is 59.1 Å². The summed E-state index contributed by atoms with van der Waals surface area (Å²) in [6, 6.07) is 12.8. The van der Waals surface area contributed by atoms with Crippen molar-refractivity contribution in [3.63, 3.8) is 0 Å². The van der Waals surface area contributed by atoms with Gasteiger partial charge in [0.05, 0.1) is 17.8 Å². The Kier molecular flexibility index (Phi) is 6.92. The molecule has 142 valence electrons. The second-order valence-electron chi connectivity index (χ2n) is 6.20. The highest BCUT2D eigenvalue weighted by atomic mass is 35.5. The molecule has 0 aromatic heterocycles. The van der Waals surface area contributed by atoms with Crippen molar-refractivity contribution in [1.29, 1.82) is 0 Å². The van der Waals surface area contributed by atoms with E-state index in [1.165, 1.54) is 12.1 Å². The number of anilines is 2. The summed E-state index contributed by atoms with van der Waals surface area (Å²) in [5, 5.41) is 5.94. The van der Waals surface area contributed by atoms with Gasteiger partial charge in [-0.2, -0.15) is 0 Å². The second kappa shape index (κ2) is 9.16. The van der Waals surface area contributed by atoms with Gasteiger partial charge in [-0.25, -0.2) is 0 Å². The minimum Gasteiger partial charge on any atom is -0.366 e. The maximum Gasteiger partial charge on any atom is 0.282 e. The van der Waals surface area contributed by atoms with Crippen LogP contribution in [0.3, 0.4) is 0 Å². The predicted octanol–water partition coefficient (Wildman–Crippen LogP) is 0.919. The number of amides is 3. The second-order valence-corrected chi connectivity index (χ2v) is 6.61. The number of halogens is 1. The molecule has 5 N–H and O–H groups in total. The summed E-state index contributed by atoms with van der Waals surface area (Å²) in [5.74, 6) is -1.02. The summed E-state index contributed by atoms with van der Waals surface area (Å²) in [7, 11) is 1.76. The average molecular weight is 390 g/mol. The SMILES string of the molecule is C[C@@H](C(=O)Nc1ccc(C(N)=O)cc1)[NH+](C)CC(=O)Nc1ccccc1Cl. The molecule has 2 rings (SSSR count). The Balaban J connectivity index is 1.90. The molecule has 2 aromatic rings. The van der Waals surface area contributed by atoms with Crippen LogP contribution in [0, 0.1) is 0 Å². The van der Waals surface area contributed by atoms with Gasteiger partial charge >= 0.3 is 0 Å². The summed E-state index contributed by atoms with van der Waals surface area (Å²) in [5.41, 5.74) is 6.63. The Labute approximate surface area is 162 Å². The lowest BCUT2D eigenvalue weighted by Crippen LogP contribution is -3.14. The average Bonchev–Trinajstić information content (AvgIpc) is 2.63. The number of carbonyl (C=O) groups is 3. The van der Waals surface area contributed by atoms with Crippen LogP contribution in [0.1, 0.15) is 17.3 Å². The van der Waals surface area contributed by atoms with Gasteiger partial charge in [-0.1, -0.05) is 23.7 Å². The van der Waals surface area contributed by atoms with Crippen LogP contribution in [0.2, 0.25) is 5.02 Å². The first-order chi connectivity index (χ1) is 12.8. The lowest BCUT2D eigenvalue weighted by Gasteiger charge is -2.20. The topological polar surface area (TPSA) is 106 Å². The fourth-order valence-corrected chi connectivity index (χ4v) is 2.54. The first kappa shape index (κ1) is 20.4. The van der Waals surface area contributed by atoms with Gasteiger partial charge in [0.2, 0.25) is 5.91 Å². The number of para-hydroxylation sites is 1. The van der Waals surface area contributed by atoms with Crippen LogP contribution >= 0.6 is 11.6 Å². The van der Waals surface area contributed by atoms with Crippen molar-refractivity contribution < 1.29 is 19.3 Å². The Morgan fingerprint density at radius 2 is 1.70 bits per heavy atom. The molecule has 0 saturated heterocycles. The van der Waals surface area contributed by atoms with Gasteiger partial charge in [0, 0.05) is 11.3 Å². The first-order valence-electron chi connectivity index (χ1n) is 8.35. The number of carbonyl (C=O) groups excluding carboxylic acids is 3. The van der Waals surface area contributed by atoms with Crippen LogP contribution in [-0.4, -0.2) is 37.4 Å². The molecule has 0 heterocycles. The summed E-state index contributed by atoms with van der Waals surface area (Å²) in [6.07, 6.45) is 0. The molecule has 27 heavy (non-hydrogen) atoms. The Morgan fingerprint density at radius 3 is 2.30 bits per heavy atom. The van der Waals surface area contributed by atoms with Crippen molar-refractivity contribution in [2.75, 3.05) is 24.2 Å². The molecule has 7 nitrogen and oxygen atoms in total. The molecule has 0 aliphatic carbocycles. The van der Waals surface area contributed by atoms with Gasteiger partial charge in [-0.05, 0) is 43.3 Å². The highest BCUT2D eigenvalue weighted by molar-refractivity contribution is 6.33. The number of primary amides is 1. The predicted molar refractivity (Wildman–Crippen MR) is 105 cm³/mol. The van der Waals surface area contributed by atoms with E-state index < -0.39 is 11.9 Å². The number of benzene rings is 2. The zero-order valence-corrected chi connectivity index (χ0v) is 15.8. The van der Waals surface area contributed by atoms with E-state index >= 15 is 0 Å². The lowest BCUT2D eigenvalue weighted by atomic mass is 10.2. The van der Waals surface area contributed by atoms with E-state index in [-0.39, 0.29) is 18.4 Å². The zero-order chi connectivity index (χ0) is 20.0. The molecule has 2 aromatic carbocycles. The highest BCUT2D eigenvalue weighted by Gasteiger charge is 2.24. The summed E-state index contributed by atoms with van der Waals surface area (Å²) >= 11 is 6.02. The van der Waals surface area contributed by atoms with E-state index in [9.17, 15) is 14.4 Å². The summed E-state index contributed by atoms with van der Waals surface area (Å²) in [6.45, 7) is 1.83. The molecule has 0 spiro atoms. The van der Waals surface area contributed by atoms with Crippen molar-refractivity contribution in [1.82, 2.24) is 0 Å². The molecule has 0 aliphatic rings. The molecule has 0 saturated carbocycles. The normalized spacial score (nSPS) is 12.7. The molecule has 0 radical (unpaired) electrons. The quantitative estimate of drug-likeness (QED) is 0.565. The van der Waals surface area contributed by atoms with E-state index in [4.69, 9.17) is 17.3 Å². The van der Waals surface area contributed by atoms with Gasteiger partial charge in [0.1, 0.15) is 0 Å². The third-order valence-electron chi connectivity index (χ3n) is 4.16. The third-order valence-corrected chi connectivity index (χ3v) is 4.49. The molecule has 8 heteroatoms. The number of nitrogens with one attached hydrogen (secondary N) is 3. The summed E-state index contributed by atoms with van der Waals surface area (Å²) < 4.78 is 0. The number of quaternary nitrogens is 1. The minimum absolute atomic E-state index is 0.0976. The van der Waals surface area contributed by atoms with Crippen LogP contribution in [0.4, 0.5) is 11.4 Å². The van der Waals surface area contributed by atoms with Gasteiger partial charge in [0.25, 0.3) is 11.8 Å². The monoisotopic (exact) mass is 389 g/mol. The van der Waals surface area contributed by atoms with E-state index in [0.29, 0.717) is 26.9 Å². The van der Waals surface area contributed by atoms with E-state index in [1.807, 2.05) is 0 Å². The van der Waals surface area contributed by atoms with E-state index in [1.54, 1.807) is 50.4 Å². The highest BCUT2D eigenvalue weighted by Crippen LogP contribution is 2.19. The van der Waals surface area contributed by atoms with Gasteiger partial charge in [-0.3, -0.25) is 14.4 Å². The zero-order valence-electron chi connectivity index (χ0n) is 15.1. The van der Waals surface area contributed by atoms with Crippen LogP contribution in [-0.2, 0) is 9.59 Å². The number of hydrogen-bond acceptors (Lipinski definition) is 3. The fourth-order valence-electron chi connectivity index (χ4n) is 2.36. The Bertz CT molecular complexity index is 839. The van der Waals surface area contributed by atoms with Crippen molar-refractivity contribution in [2.45, 2.75) is 13.0 Å². The van der Waals surface area contributed by atoms with Crippen molar-refractivity contribution in [2.24, 2.45) is 5.73 Å². The standard InChI is InChI=1S/C19H21ClN4O3/c1-12(19(27)22-14-9-7-13(8-10-14)18(21)26)24(2)11-17(25)23-16-6-4-3-5-15(16)20/h3-10,12H,11H2,1-2H3,(H2,21,26)(H,22,27)(H,23,25)/p+1/t12-/m0/s1. The first-order valence-corrected chi connectivity index (χ1v) is 8.73. The number of rotatable bonds is 7. The number of nitrogens with two attached hydrogens (primary N) is 1. The molecule has 3 amide bonds. The van der Waals surface area contributed by atoms with Crippen molar-refractivity contribution >= 4 is 40.7 Å². The fraction of sp³-hybridized carbons (Fsp3) is 0.211. The molecule has 0 fully saturated rings. The van der Waals surface area contributed by atoms with Crippen LogP contribution in [0.15, 0.2) is 48.5 Å². The van der Waals surface area contributed by atoms with Crippen LogP contribution in [0.25, 0.3) is 0 Å². The van der Waals surface area contributed by atoms with Gasteiger partial charge in [-0.15, -0.1) is 0 Å². The maximum absolute atomic E-state index is 12.4. The molecule has 0 bridgehead atoms. The maximum atomic E-state index is 12.4. The number of likely N-dealkylation sites (N-methyl/N-ethyl adjacent to an activating group) is 1. The largest absolute Gasteiger partial charge is 0.366 e. The molecule has 2 atom stereocenters. The van der Waals surface area contributed by atoms with Crippen molar-refractivity contribution in [3.8, 4) is 0 Å². The Morgan fingerprint density at radius 1 is 1.07 bits per heavy atom. The number of hydrogen-bond donors (Lipinski definition) is 4. The third kappa shape index (κ3) is 5.80.